The van der Waals surface area contributed by atoms with Crippen molar-refractivity contribution in [2.45, 2.75) is 20.3 Å². The standard InChI is InChI=1S/C10H14O4/c1-4-8(10(13)14)5-6(2)7(3)9(11)12/h5-6H,3-4H2,1-2H3,(H,11,12)(H,13,14). The summed E-state index contributed by atoms with van der Waals surface area (Å²) >= 11 is 0. The Morgan fingerprint density at radius 1 is 1.36 bits per heavy atom. The highest BCUT2D eigenvalue weighted by Crippen LogP contribution is 2.14. The minimum absolute atomic E-state index is 0.00259. The zero-order chi connectivity index (χ0) is 11.3. The second-order valence-electron chi connectivity index (χ2n) is 2.97. The van der Waals surface area contributed by atoms with E-state index in [0.29, 0.717) is 6.42 Å². The summed E-state index contributed by atoms with van der Waals surface area (Å²) in [6, 6.07) is 0. The third kappa shape index (κ3) is 3.43. The Kier molecular flexibility index (Phi) is 4.63. The molecule has 0 spiro atoms. The Balaban J connectivity index is 4.71. The van der Waals surface area contributed by atoms with E-state index in [1.165, 1.54) is 6.08 Å². The van der Waals surface area contributed by atoms with Gasteiger partial charge in [0.1, 0.15) is 0 Å². The van der Waals surface area contributed by atoms with Gasteiger partial charge >= 0.3 is 11.9 Å². The molecule has 0 aromatic carbocycles. The molecule has 0 radical (unpaired) electrons. The first-order valence-corrected chi connectivity index (χ1v) is 4.26. The third-order valence-corrected chi connectivity index (χ3v) is 1.93. The van der Waals surface area contributed by atoms with Crippen LogP contribution in [0.2, 0.25) is 0 Å². The van der Waals surface area contributed by atoms with E-state index in [1.54, 1.807) is 13.8 Å². The number of rotatable bonds is 5. The largest absolute Gasteiger partial charge is 0.478 e. The average Bonchev–Trinajstić information content (AvgIpc) is 2.11. The van der Waals surface area contributed by atoms with Gasteiger partial charge in [0, 0.05) is 17.1 Å². The first kappa shape index (κ1) is 12.4. The van der Waals surface area contributed by atoms with Gasteiger partial charge in [-0.3, -0.25) is 0 Å². The second-order valence-corrected chi connectivity index (χ2v) is 2.97. The molecule has 4 nitrogen and oxygen atoms in total. The fourth-order valence-corrected chi connectivity index (χ4v) is 0.937. The number of aliphatic carboxylic acids is 2. The van der Waals surface area contributed by atoms with Crippen molar-refractivity contribution in [3.8, 4) is 0 Å². The molecule has 4 heteroatoms. The lowest BCUT2D eigenvalue weighted by Crippen LogP contribution is -2.09. The fourth-order valence-electron chi connectivity index (χ4n) is 0.937. The van der Waals surface area contributed by atoms with E-state index in [4.69, 9.17) is 10.2 Å². The molecule has 1 atom stereocenters. The van der Waals surface area contributed by atoms with Gasteiger partial charge in [-0.1, -0.05) is 26.5 Å². The molecule has 2 N–H and O–H groups in total. The highest BCUT2D eigenvalue weighted by molar-refractivity contribution is 5.89. The maximum absolute atomic E-state index is 10.6. The van der Waals surface area contributed by atoms with Crippen LogP contribution >= 0.6 is 0 Å². The molecule has 0 bridgehead atoms. The minimum Gasteiger partial charge on any atom is -0.478 e. The Hall–Kier alpha value is -1.58. The summed E-state index contributed by atoms with van der Waals surface area (Å²) in [4.78, 5) is 21.1. The van der Waals surface area contributed by atoms with Gasteiger partial charge in [0.25, 0.3) is 0 Å². The molecule has 1 unspecified atom stereocenters. The molecular formula is C10H14O4. The summed E-state index contributed by atoms with van der Waals surface area (Å²) in [7, 11) is 0. The topological polar surface area (TPSA) is 74.6 Å². The van der Waals surface area contributed by atoms with Crippen molar-refractivity contribution >= 4 is 11.9 Å². The van der Waals surface area contributed by atoms with Crippen LogP contribution in [0.1, 0.15) is 20.3 Å². The molecule has 0 aromatic rings. The van der Waals surface area contributed by atoms with Gasteiger partial charge in [-0.25, -0.2) is 9.59 Å². The monoisotopic (exact) mass is 198 g/mol. The normalized spacial score (nSPS) is 13.4. The van der Waals surface area contributed by atoms with E-state index in [-0.39, 0.29) is 11.1 Å². The van der Waals surface area contributed by atoms with Crippen LogP contribution in [-0.4, -0.2) is 22.2 Å². The van der Waals surface area contributed by atoms with Crippen LogP contribution in [0.3, 0.4) is 0 Å². The van der Waals surface area contributed by atoms with E-state index in [9.17, 15) is 9.59 Å². The Morgan fingerprint density at radius 2 is 1.86 bits per heavy atom. The van der Waals surface area contributed by atoms with Crippen molar-refractivity contribution in [3.05, 3.63) is 23.8 Å². The zero-order valence-electron chi connectivity index (χ0n) is 8.28. The maximum Gasteiger partial charge on any atom is 0.331 e. The predicted molar refractivity (Wildman–Crippen MR) is 51.9 cm³/mol. The third-order valence-electron chi connectivity index (χ3n) is 1.93. The van der Waals surface area contributed by atoms with Crippen molar-refractivity contribution in [1.29, 1.82) is 0 Å². The SMILES string of the molecule is C=C(C(=O)O)C(C)C=C(CC)C(=O)O. The van der Waals surface area contributed by atoms with Crippen molar-refractivity contribution in [2.24, 2.45) is 5.92 Å². The fraction of sp³-hybridized carbons (Fsp3) is 0.400. The van der Waals surface area contributed by atoms with Crippen LogP contribution in [0.15, 0.2) is 23.8 Å². The summed E-state index contributed by atoms with van der Waals surface area (Å²) in [5, 5.41) is 17.3. The molecule has 0 amide bonds. The van der Waals surface area contributed by atoms with Gasteiger partial charge < -0.3 is 10.2 Å². The summed E-state index contributed by atoms with van der Waals surface area (Å²) < 4.78 is 0. The highest BCUT2D eigenvalue weighted by Gasteiger charge is 2.13. The molecule has 0 aliphatic rings. The number of carbonyl (C=O) groups is 2. The van der Waals surface area contributed by atoms with E-state index in [0.717, 1.165) is 0 Å². The summed E-state index contributed by atoms with van der Waals surface area (Å²) in [5.41, 5.74) is 0.206. The quantitative estimate of drug-likeness (QED) is 0.659. The minimum atomic E-state index is -1.10. The lowest BCUT2D eigenvalue weighted by atomic mass is 9.99. The van der Waals surface area contributed by atoms with Crippen LogP contribution in [0.5, 0.6) is 0 Å². The molecule has 0 fully saturated rings. The second kappa shape index (κ2) is 5.21. The molecule has 0 saturated heterocycles. The smallest absolute Gasteiger partial charge is 0.331 e. The number of hydrogen-bond donors (Lipinski definition) is 2. The first-order chi connectivity index (χ1) is 6.40. The lowest BCUT2D eigenvalue weighted by Gasteiger charge is -2.07. The van der Waals surface area contributed by atoms with Crippen LogP contribution in [0, 0.1) is 5.92 Å². The number of allylic oxidation sites excluding steroid dienone is 1. The van der Waals surface area contributed by atoms with Gasteiger partial charge in [-0.15, -0.1) is 0 Å². The molecule has 0 aliphatic carbocycles. The number of carboxylic acids is 2. The van der Waals surface area contributed by atoms with Gasteiger partial charge in [0.15, 0.2) is 0 Å². The molecule has 78 valence electrons. The molecule has 0 saturated carbocycles. The van der Waals surface area contributed by atoms with E-state index >= 15 is 0 Å². The maximum atomic E-state index is 10.6. The summed E-state index contributed by atoms with van der Waals surface area (Å²) in [6.45, 7) is 6.67. The predicted octanol–water partition coefficient (Wildman–Crippen LogP) is 1.68. The van der Waals surface area contributed by atoms with Crippen molar-refractivity contribution in [2.75, 3.05) is 0 Å². The molecule has 0 heterocycles. The Labute approximate surface area is 82.6 Å². The van der Waals surface area contributed by atoms with Crippen LogP contribution in [-0.2, 0) is 9.59 Å². The Morgan fingerprint density at radius 3 is 2.14 bits per heavy atom. The molecule has 14 heavy (non-hydrogen) atoms. The first-order valence-electron chi connectivity index (χ1n) is 4.26. The van der Waals surface area contributed by atoms with Gasteiger partial charge in [-0.05, 0) is 6.42 Å². The molecular weight excluding hydrogens is 184 g/mol. The summed E-state index contributed by atoms with van der Waals surface area (Å²) in [5.74, 6) is -2.58. The molecule has 0 aliphatic heterocycles. The van der Waals surface area contributed by atoms with Crippen molar-refractivity contribution in [3.63, 3.8) is 0 Å². The summed E-state index contributed by atoms with van der Waals surface area (Å²) in [6.07, 6.45) is 1.78. The van der Waals surface area contributed by atoms with E-state index in [1.807, 2.05) is 0 Å². The highest BCUT2D eigenvalue weighted by atomic mass is 16.4. The van der Waals surface area contributed by atoms with Crippen LogP contribution in [0.25, 0.3) is 0 Å². The van der Waals surface area contributed by atoms with Gasteiger partial charge in [0.2, 0.25) is 0 Å². The number of hydrogen-bond acceptors (Lipinski definition) is 2. The number of carboxylic acid groups (broad SMARTS) is 2. The van der Waals surface area contributed by atoms with Gasteiger partial charge in [0.05, 0.1) is 0 Å². The van der Waals surface area contributed by atoms with Gasteiger partial charge in [-0.2, -0.15) is 0 Å². The Bertz CT molecular complexity index is 288. The molecule has 0 rings (SSSR count). The van der Waals surface area contributed by atoms with Crippen LogP contribution in [0.4, 0.5) is 0 Å². The van der Waals surface area contributed by atoms with Crippen molar-refractivity contribution < 1.29 is 19.8 Å². The van der Waals surface area contributed by atoms with Crippen molar-refractivity contribution in [1.82, 2.24) is 0 Å². The lowest BCUT2D eigenvalue weighted by molar-refractivity contribution is -0.134. The van der Waals surface area contributed by atoms with E-state index < -0.39 is 17.9 Å². The average molecular weight is 198 g/mol. The van der Waals surface area contributed by atoms with Crippen LogP contribution < -0.4 is 0 Å². The van der Waals surface area contributed by atoms with E-state index in [2.05, 4.69) is 6.58 Å². The molecule has 0 aromatic heterocycles. The zero-order valence-corrected chi connectivity index (χ0v) is 8.28.